The molecule has 1 aliphatic carbocycles. The predicted octanol–water partition coefficient (Wildman–Crippen LogP) is 5.35. The van der Waals surface area contributed by atoms with Crippen LogP contribution in [0.4, 0.5) is 5.13 Å². The van der Waals surface area contributed by atoms with Crippen LogP contribution in [0.2, 0.25) is 0 Å². The van der Waals surface area contributed by atoms with E-state index in [1.807, 2.05) is 76.8 Å². The van der Waals surface area contributed by atoms with Crippen molar-refractivity contribution in [1.82, 2.24) is 14.5 Å². The van der Waals surface area contributed by atoms with E-state index in [1.54, 1.807) is 12.4 Å². The summed E-state index contributed by atoms with van der Waals surface area (Å²) >= 11 is 1.40. The molecule has 1 fully saturated rings. The molecule has 1 saturated carbocycles. The van der Waals surface area contributed by atoms with Crippen molar-refractivity contribution in [3.63, 3.8) is 0 Å². The van der Waals surface area contributed by atoms with Gasteiger partial charge in [-0.25, -0.2) is 4.98 Å². The Hall–Kier alpha value is -3.71. The Morgan fingerprint density at radius 2 is 1.94 bits per heavy atom. The van der Waals surface area contributed by atoms with Crippen LogP contribution in [-0.4, -0.2) is 26.5 Å². The fraction of sp³-hybridized carbons (Fsp3) is 0.160. The second-order valence-corrected chi connectivity index (χ2v) is 8.49. The third-order valence-electron chi connectivity index (χ3n) is 5.06. The molecule has 3 aromatic heterocycles. The molecule has 5 rings (SSSR count). The van der Waals surface area contributed by atoms with Gasteiger partial charge in [0.2, 0.25) is 0 Å². The van der Waals surface area contributed by atoms with Gasteiger partial charge in [0.05, 0.1) is 11.8 Å². The van der Waals surface area contributed by atoms with E-state index in [1.165, 1.54) is 11.3 Å². The van der Waals surface area contributed by atoms with Gasteiger partial charge in [-0.15, -0.1) is 11.3 Å². The summed E-state index contributed by atoms with van der Waals surface area (Å²) in [5, 5.41) is 5.40. The van der Waals surface area contributed by atoms with Crippen molar-refractivity contribution in [2.45, 2.75) is 25.5 Å². The number of amides is 1. The van der Waals surface area contributed by atoms with Crippen molar-refractivity contribution < 1.29 is 9.53 Å². The zero-order chi connectivity index (χ0) is 21.8. The standard InChI is InChI=1S/C25H22N4O2S/c30-24(23-2-1-15-29(23)16-19-11-13-26-14-12-19)28-25-27-20(17-32-25)6-3-18-4-7-21(8-5-18)31-22-9-10-22/h1-8,11-15,17,22H,9-10,16H2,(H,27,28,30)/b6-3+. The van der Waals surface area contributed by atoms with Gasteiger partial charge >= 0.3 is 0 Å². The molecule has 0 saturated heterocycles. The Morgan fingerprint density at radius 1 is 1.12 bits per heavy atom. The highest BCUT2D eigenvalue weighted by atomic mass is 32.1. The molecule has 32 heavy (non-hydrogen) atoms. The van der Waals surface area contributed by atoms with E-state index < -0.39 is 0 Å². The first kappa shape index (κ1) is 20.2. The van der Waals surface area contributed by atoms with Gasteiger partial charge in [-0.1, -0.05) is 18.2 Å². The summed E-state index contributed by atoms with van der Waals surface area (Å²) < 4.78 is 7.69. The van der Waals surface area contributed by atoms with E-state index in [9.17, 15) is 4.79 Å². The Kier molecular flexibility index (Phi) is 5.81. The van der Waals surface area contributed by atoms with Gasteiger partial charge in [0, 0.05) is 30.5 Å². The maximum absolute atomic E-state index is 12.8. The summed E-state index contributed by atoms with van der Waals surface area (Å²) in [7, 11) is 0. The summed E-state index contributed by atoms with van der Waals surface area (Å²) in [6, 6.07) is 15.6. The summed E-state index contributed by atoms with van der Waals surface area (Å²) in [4.78, 5) is 21.3. The van der Waals surface area contributed by atoms with Crippen LogP contribution in [0.15, 0.2) is 72.5 Å². The lowest BCUT2D eigenvalue weighted by Gasteiger charge is -2.08. The lowest BCUT2D eigenvalue weighted by Crippen LogP contribution is -2.17. The third-order valence-corrected chi connectivity index (χ3v) is 5.84. The molecule has 6 nitrogen and oxygen atoms in total. The highest BCUT2D eigenvalue weighted by Crippen LogP contribution is 2.27. The maximum atomic E-state index is 12.8. The first-order chi connectivity index (χ1) is 15.7. The van der Waals surface area contributed by atoms with Gasteiger partial charge in [-0.05, 0) is 66.4 Å². The van der Waals surface area contributed by atoms with Gasteiger partial charge in [-0.3, -0.25) is 15.1 Å². The smallest absolute Gasteiger partial charge is 0.274 e. The second-order valence-electron chi connectivity index (χ2n) is 7.63. The lowest BCUT2D eigenvalue weighted by molar-refractivity contribution is 0.101. The average Bonchev–Trinajstić information content (AvgIpc) is 3.31. The second kappa shape index (κ2) is 9.20. The van der Waals surface area contributed by atoms with Gasteiger partial charge < -0.3 is 9.30 Å². The Morgan fingerprint density at radius 3 is 2.72 bits per heavy atom. The van der Waals surface area contributed by atoms with Crippen LogP contribution >= 0.6 is 11.3 Å². The normalized spacial score (nSPS) is 13.4. The number of carbonyl (C=O) groups is 1. The number of ether oxygens (including phenoxy) is 1. The molecule has 0 aliphatic heterocycles. The number of hydrogen-bond donors (Lipinski definition) is 1. The molecule has 0 atom stereocenters. The molecular weight excluding hydrogens is 420 g/mol. The topological polar surface area (TPSA) is 69.0 Å². The first-order valence-corrected chi connectivity index (χ1v) is 11.4. The van der Waals surface area contributed by atoms with E-state index in [0.717, 1.165) is 35.4 Å². The molecule has 4 aromatic rings. The summed E-state index contributed by atoms with van der Waals surface area (Å²) in [6.45, 7) is 0.606. The minimum Gasteiger partial charge on any atom is -0.490 e. The molecule has 1 aromatic carbocycles. The van der Waals surface area contributed by atoms with E-state index in [0.29, 0.717) is 23.5 Å². The number of anilines is 1. The van der Waals surface area contributed by atoms with E-state index in [-0.39, 0.29) is 5.91 Å². The fourth-order valence-electron chi connectivity index (χ4n) is 3.24. The molecule has 0 radical (unpaired) electrons. The van der Waals surface area contributed by atoms with Crippen LogP contribution in [0.5, 0.6) is 5.75 Å². The summed E-state index contributed by atoms with van der Waals surface area (Å²) in [5.74, 6) is 0.733. The quantitative estimate of drug-likeness (QED) is 0.399. The number of rotatable bonds is 8. The third kappa shape index (κ3) is 5.12. The highest BCUT2D eigenvalue weighted by molar-refractivity contribution is 7.14. The van der Waals surface area contributed by atoms with Crippen LogP contribution < -0.4 is 10.1 Å². The van der Waals surface area contributed by atoms with E-state index in [2.05, 4.69) is 15.3 Å². The number of carbonyl (C=O) groups excluding carboxylic acids is 1. The van der Waals surface area contributed by atoms with Crippen LogP contribution in [0, 0.1) is 0 Å². The van der Waals surface area contributed by atoms with Crippen LogP contribution in [0.3, 0.4) is 0 Å². The number of benzene rings is 1. The van der Waals surface area contributed by atoms with Crippen molar-refractivity contribution in [1.29, 1.82) is 0 Å². The minimum absolute atomic E-state index is 0.180. The number of thiazole rings is 1. The summed E-state index contributed by atoms with van der Waals surface area (Å²) in [5.41, 5.74) is 3.54. The molecule has 0 bridgehead atoms. The molecule has 3 heterocycles. The number of hydrogen-bond acceptors (Lipinski definition) is 5. The van der Waals surface area contributed by atoms with Crippen molar-refractivity contribution in [3.8, 4) is 5.75 Å². The number of aromatic nitrogens is 3. The number of nitrogens with zero attached hydrogens (tertiary/aromatic N) is 3. The van der Waals surface area contributed by atoms with Crippen molar-refractivity contribution in [2.24, 2.45) is 0 Å². The SMILES string of the molecule is O=C(Nc1nc(/C=C/c2ccc(OC3CC3)cc2)cs1)c1cccn1Cc1ccncc1. The molecule has 1 amide bonds. The van der Waals surface area contributed by atoms with Crippen molar-refractivity contribution in [3.05, 3.63) is 95.0 Å². The molecule has 7 heteroatoms. The van der Waals surface area contributed by atoms with Crippen LogP contribution in [0.25, 0.3) is 12.2 Å². The molecule has 1 aliphatic rings. The van der Waals surface area contributed by atoms with Gasteiger partial charge in [0.1, 0.15) is 11.4 Å². The number of nitrogens with one attached hydrogen (secondary N) is 1. The Labute approximate surface area is 190 Å². The Bertz CT molecular complexity index is 1220. The lowest BCUT2D eigenvalue weighted by atomic mass is 10.2. The first-order valence-electron chi connectivity index (χ1n) is 10.5. The van der Waals surface area contributed by atoms with Crippen LogP contribution in [-0.2, 0) is 6.54 Å². The molecular formula is C25H22N4O2S. The monoisotopic (exact) mass is 442 g/mol. The molecule has 1 N–H and O–H groups in total. The summed E-state index contributed by atoms with van der Waals surface area (Å²) in [6.07, 6.45) is 12.0. The minimum atomic E-state index is -0.180. The fourth-order valence-corrected chi connectivity index (χ4v) is 3.92. The highest BCUT2D eigenvalue weighted by Gasteiger charge is 2.23. The molecule has 160 valence electrons. The van der Waals surface area contributed by atoms with Crippen molar-refractivity contribution in [2.75, 3.05) is 5.32 Å². The zero-order valence-electron chi connectivity index (χ0n) is 17.3. The predicted molar refractivity (Wildman–Crippen MR) is 127 cm³/mol. The largest absolute Gasteiger partial charge is 0.490 e. The molecule has 0 spiro atoms. The van der Waals surface area contributed by atoms with Gasteiger partial charge in [0.25, 0.3) is 5.91 Å². The van der Waals surface area contributed by atoms with Crippen molar-refractivity contribution >= 4 is 34.5 Å². The van der Waals surface area contributed by atoms with Crippen LogP contribution in [0.1, 0.15) is 40.2 Å². The maximum Gasteiger partial charge on any atom is 0.274 e. The zero-order valence-corrected chi connectivity index (χ0v) is 18.2. The molecule has 0 unspecified atom stereocenters. The van der Waals surface area contributed by atoms with Gasteiger partial charge in [-0.2, -0.15) is 0 Å². The Balaban J connectivity index is 1.20. The average molecular weight is 443 g/mol. The van der Waals surface area contributed by atoms with Gasteiger partial charge in [0.15, 0.2) is 5.13 Å². The van der Waals surface area contributed by atoms with E-state index >= 15 is 0 Å². The van der Waals surface area contributed by atoms with E-state index in [4.69, 9.17) is 4.74 Å². The number of pyridine rings is 1.